The summed E-state index contributed by atoms with van der Waals surface area (Å²) in [6.07, 6.45) is 9.54. The molecule has 0 N–H and O–H groups in total. The van der Waals surface area contributed by atoms with Gasteiger partial charge in [-0.05, 0) is 70.5 Å². The molecule has 0 amide bonds. The lowest BCUT2D eigenvalue weighted by Crippen LogP contribution is -2.28. The number of nitriles is 1. The lowest BCUT2D eigenvalue weighted by molar-refractivity contribution is 0.353. The Bertz CT molecular complexity index is 2000. The van der Waals surface area contributed by atoms with Crippen LogP contribution in [0.4, 0.5) is 0 Å². The molecule has 5 nitrogen and oxygen atoms in total. The van der Waals surface area contributed by atoms with E-state index in [2.05, 4.69) is 47.5 Å². The van der Waals surface area contributed by atoms with Crippen molar-refractivity contribution in [3.8, 4) is 62.5 Å². The van der Waals surface area contributed by atoms with Crippen LogP contribution in [0.3, 0.4) is 0 Å². The van der Waals surface area contributed by atoms with Gasteiger partial charge in [0.2, 0.25) is 0 Å². The van der Waals surface area contributed by atoms with Crippen LogP contribution < -0.4 is 0 Å². The minimum Gasteiger partial charge on any atom is -0.264 e. The lowest BCUT2D eigenvalue weighted by atomic mass is 9.67. The summed E-state index contributed by atoms with van der Waals surface area (Å²) in [6.45, 7) is 0. The van der Waals surface area contributed by atoms with E-state index >= 15 is 0 Å². The van der Waals surface area contributed by atoms with Gasteiger partial charge in [0.1, 0.15) is 0 Å². The van der Waals surface area contributed by atoms with E-state index in [0.29, 0.717) is 17.5 Å². The number of pyridine rings is 1. The van der Waals surface area contributed by atoms with Gasteiger partial charge in [-0.15, -0.1) is 0 Å². The summed E-state index contributed by atoms with van der Waals surface area (Å²) in [5.74, 6) is 1.85. The molecule has 5 heteroatoms. The second-order valence-corrected chi connectivity index (χ2v) is 11.7. The minimum atomic E-state index is -0.0624. The van der Waals surface area contributed by atoms with Crippen molar-refractivity contribution in [2.45, 2.75) is 37.5 Å². The number of nitrogens with zero attached hydrogens (tertiary/aromatic N) is 5. The van der Waals surface area contributed by atoms with E-state index in [1.54, 1.807) is 0 Å². The highest BCUT2D eigenvalue weighted by atomic mass is 15.0. The van der Waals surface area contributed by atoms with Crippen LogP contribution in [0.1, 0.15) is 48.8 Å². The average Bonchev–Trinajstić information content (AvgIpc) is 3.36. The Hall–Kier alpha value is -5.47. The summed E-state index contributed by atoms with van der Waals surface area (Å²) in [6, 6.07) is 37.6. The highest BCUT2D eigenvalue weighted by Crippen LogP contribution is 2.56. The number of aromatic nitrogens is 4. The number of hydrogen-bond donors (Lipinski definition) is 0. The smallest absolute Gasteiger partial charge is 0.166 e. The summed E-state index contributed by atoms with van der Waals surface area (Å²) in [7, 11) is 0. The molecule has 1 spiro atoms. The summed E-state index contributed by atoms with van der Waals surface area (Å²) < 4.78 is 0. The van der Waals surface area contributed by atoms with E-state index in [0.717, 1.165) is 46.2 Å². The van der Waals surface area contributed by atoms with Gasteiger partial charge in [-0.1, -0.05) is 98.1 Å². The summed E-state index contributed by atoms with van der Waals surface area (Å²) >= 11 is 0. The molecule has 0 saturated heterocycles. The van der Waals surface area contributed by atoms with Gasteiger partial charge in [0, 0.05) is 34.5 Å². The molecular formula is C39H29N5. The van der Waals surface area contributed by atoms with Crippen molar-refractivity contribution in [1.82, 2.24) is 19.9 Å². The van der Waals surface area contributed by atoms with Gasteiger partial charge in [-0.25, -0.2) is 15.0 Å². The van der Waals surface area contributed by atoms with Crippen molar-refractivity contribution in [2.24, 2.45) is 0 Å². The summed E-state index contributed by atoms with van der Waals surface area (Å²) in [5.41, 5.74) is 10.8. The van der Waals surface area contributed by atoms with E-state index in [1.165, 1.54) is 41.5 Å². The maximum atomic E-state index is 9.72. The predicted molar refractivity (Wildman–Crippen MR) is 173 cm³/mol. The third-order valence-corrected chi connectivity index (χ3v) is 9.27. The van der Waals surface area contributed by atoms with E-state index in [-0.39, 0.29) is 5.41 Å². The Balaban J connectivity index is 1.30. The van der Waals surface area contributed by atoms with E-state index < -0.39 is 0 Å². The Morgan fingerprint density at radius 1 is 0.545 bits per heavy atom. The topological polar surface area (TPSA) is 75.3 Å². The quantitative estimate of drug-likeness (QED) is 0.212. The molecule has 8 rings (SSSR count). The zero-order valence-electron chi connectivity index (χ0n) is 24.2. The molecule has 0 aliphatic heterocycles. The fraction of sp³-hybridized carbons (Fsp3) is 0.154. The Labute approximate surface area is 257 Å². The normalized spacial score (nSPS) is 14.5. The highest BCUT2D eigenvalue weighted by Gasteiger charge is 2.44. The number of benzene rings is 4. The number of hydrogen-bond acceptors (Lipinski definition) is 5. The molecule has 0 atom stereocenters. The third-order valence-electron chi connectivity index (χ3n) is 9.27. The van der Waals surface area contributed by atoms with Crippen LogP contribution >= 0.6 is 0 Å². The molecule has 6 aromatic rings. The Morgan fingerprint density at radius 2 is 1.16 bits per heavy atom. The van der Waals surface area contributed by atoms with Gasteiger partial charge >= 0.3 is 0 Å². The zero-order chi connectivity index (χ0) is 29.5. The molecule has 2 heterocycles. The molecule has 4 aromatic carbocycles. The number of rotatable bonds is 4. The number of fused-ring (bicyclic) bond motifs is 5. The van der Waals surface area contributed by atoms with Crippen molar-refractivity contribution < 1.29 is 0 Å². The van der Waals surface area contributed by atoms with Crippen molar-refractivity contribution in [3.05, 3.63) is 132 Å². The van der Waals surface area contributed by atoms with E-state index in [1.807, 2.05) is 79.1 Å². The average molecular weight is 568 g/mol. The molecule has 210 valence electrons. The largest absolute Gasteiger partial charge is 0.264 e. The minimum absolute atomic E-state index is 0.0624. The fourth-order valence-electron chi connectivity index (χ4n) is 7.18. The second-order valence-electron chi connectivity index (χ2n) is 11.7. The van der Waals surface area contributed by atoms with Gasteiger partial charge < -0.3 is 0 Å². The molecule has 1 saturated carbocycles. The van der Waals surface area contributed by atoms with Crippen LogP contribution in [-0.2, 0) is 5.41 Å². The molecule has 2 aliphatic rings. The van der Waals surface area contributed by atoms with Crippen LogP contribution in [0.2, 0.25) is 0 Å². The van der Waals surface area contributed by atoms with E-state index in [4.69, 9.17) is 15.0 Å². The first-order valence-electron chi connectivity index (χ1n) is 15.2. The predicted octanol–water partition coefficient (Wildman–Crippen LogP) is 9.04. The van der Waals surface area contributed by atoms with Crippen LogP contribution in [-0.4, -0.2) is 19.9 Å². The molecule has 44 heavy (non-hydrogen) atoms. The van der Waals surface area contributed by atoms with Crippen molar-refractivity contribution in [2.75, 3.05) is 0 Å². The highest BCUT2D eigenvalue weighted by molar-refractivity contribution is 5.87. The summed E-state index contributed by atoms with van der Waals surface area (Å²) in [5, 5.41) is 9.72. The third kappa shape index (κ3) is 4.30. The molecule has 1 fully saturated rings. The van der Waals surface area contributed by atoms with Gasteiger partial charge in [0.15, 0.2) is 17.5 Å². The fourth-order valence-corrected chi connectivity index (χ4v) is 7.18. The summed E-state index contributed by atoms with van der Waals surface area (Å²) in [4.78, 5) is 19.4. The van der Waals surface area contributed by atoms with Gasteiger partial charge in [-0.3, -0.25) is 4.98 Å². The van der Waals surface area contributed by atoms with Crippen LogP contribution in [0.25, 0.3) is 56.4 Å². The van der Waals surface area contributed by atoms with Gasteiger partial charge in [0.05, 0.1) is 11.6 Å². The SMILES string of the molecule is N#Cc1ccc2c(c1)C1(CCCCC1)c1cc(-c3ccncc3-c3nc(-c4ccccc4)nc(-c4ccccc4)n3)ccc1-2. The first-order chi connectivity index (χ1) is 21.7. The maximum Gasteiger partial charge on any atom is 0.166 e. The van der Waals surface area contributed by atoms with E-state index in [9.17, 15) is 5.26 Å². The van der Waals surface area contributed by atoms with Crippen LogP contribution in [0.15, 0.2) is 116 Å². The standard InChI is InChI=1S/C39H29N5/c40-24-26-14-16-31-32-17-15-29(23-35(32)39(34(31)22-26)19-8-3-9-20-39)30-18-21-41-25-33(30)38-43-36(27-10-4-1-5-11-27)42-37(44-38)28-12-6-2-7-13-28/h1-2,4-7,10-18,21-23,25H,3,8-9,19-20H2. The molecule has 0 bridgehead atoms. The van der Waals surface area contributed by atoms with Gasteiger partial charge in [-0.2, -0.15) is 5.26 Å². The van der Waals surface area contributed by atoms with Crippen molar-refractivity contribution in [3.63, 3.8) is 0 Å². The van der Waals surface area contributed by atoms with Crippen LogP contribution in [0.5, 0.6) is 0 Å². The first kappa shape index (κ1) is 26.2. The van der Waals surface area contributed by atoms with Crippen molar-refractivity contribution >= 4 is 0 Å². The van der Waals surface area contributed by atoms with Gasteiger partial charge in [0.25, 0.3) is 0 Å². The first-order valence-corrected chi connectivity index (χ1v) is 15.2. The monoisotopic (exact) mass is 567 g/mol. The molecule has 2 aliphatic carbocycles. The van der Waals surface area contributed by atoms with Crippen LogP contribution in [0, 0.1) is 11.3 Å². The zero-order valence-corrected chi connectivity index (χ0v) is 24.2. The Morgan fingerprint density at radius 3 is 1.82 bits per heavy atom. The van der Waals surface area contributed by atoms with Crippen molar-refractivity contribution in [1.29, 1.82) is 5.26 Å². The Kier molecular flexibility index (Phi) is 6.34. The lowest BCUT2D eigenvalue weighted by Gasteiger charge is -2.36. The molecule has 0 unspecified atom stereocenters. The molecule has 0 radical (unpaired) electrons. The maximum absolute atomic E-state index is 9.72. The molecule has 2 aromatic heterocycles. The molecular weight excluding hydrogens is 538 g/mol. The second kappa shape index (κ2) is 10.7.